The van der Waals surface area contributed by atoms with E-state index in [-0.39, 0.29) is 6.04 Å². The van der Waals surface area contributed by atoms with Crippen molar-refractivity contribution in [1.29, 1.82) is 0 Å². The number of hydrogen-bond donors (Lipinski definition) is 1. The van der Waals surface area contributed by atoms with Crippen molar-refractivity contribution < 1.29 is 0 Å². The summed E-state index contributed by atoms with van der Waals surface area (Å²) in [4.78, 5) is 1.30. The van der Waals surface area contributed by atoms with E-state index in [0.717, 1.165) is 22.6 Å². The number of thiophene rings is 1. The maximum Gasteiger partial charge on any atom is 0.0483 e. The van der Waals surface area contributed by atoms with Crippen LogP contribution in [0.1, 0.15) is 22.0 Å². The van der Waals surface area contributed by atoms with Crippen LogP contribution in [0.4, 0.5) is 0 Å². The zero-order valence-electron chi connectivity index (χ0n) is 9.11. The molecule has 0 radical (unpaired) electrons. The van der Waals surface area contributed by atoms with Crippen LogP contribution in [0.5, 0.6) is 0 Å². The van der Waals surface area contributed by atoms with Crippen LogP contribution in [-0.2, 0) is 6.42 Å². The average molecular weight is 252 g/mol. The van der Waals surface area contributed by atoms with Crippen molar-refractivity contribution in [3.05, 3.63) is 56.7 Å². The summed E-state index contributed by atoms with van der Waals surface area (Å²) in [6.45, 7) is 2.00. The standard InChI is InChI=1S/C13H14ClNS/c1-9-4-2-6-11(13(9)14)12(15)8-10-5-3-7-16-10/h2-7,12H,8,15H2,1H3. The zero-order chi connectivity index (χ0) is 11.5. The lowest BCUT2D eigenvalue weighted by molar-refractivity contribution is 0.729. The molecule has 0 amide bonds. The van der Waals surface area contributed by atoms with Gasteiger partial charge in [0.2, 0.25) is 0 Å². The molecule has 84 valence electrons. The smallest absolute Gasteiger partial charge is 0.0483 e. The van der Waals surface area contributed by atoms with Gasteiger partial charge in [0.05, 0.1) is 0 Å². The highest BCUT2D eigenvalue weighted by atomic mass is 35.5. The first-order chi connectivity index (χ1) is 7.68. The Hall–Kier alpha value is -0.830. The summed E-state index contributed by atoms with van der Waals surface area (Å²) in [5.74, 6) is 0. The summed E-state index contributed by atoms with van der Waals surface area (Å²) < 4.78 is 0. The van der Waals surface area contributed by atoms with E-state index in [4.69, 9.17) is 17.3 Å². The molecule has 2 N–H and O–H groups in total. The van der Waals surface area contributed by atoms with Crippen LogP contribution in [0.2, 0.25) is 5.02 Å². The van der Waals surface area contributed by atoms with Crippen LogP contribution in [0.25, 0.3) is 0 Å². The largest absolute Gasteiger partial charge is 0.324 e. The molecule has 0 aliphatic heterocycles. The van der Waals surface area contributed by atoms with Crippen LogP contribution < -0.4 is 5.73 Å². The summed E-state index contributed by atoms with van der Waals surface area (Å²) in [7, 11) is 0. The first-order valence-corrected chi connectivity index (χ1v) is 6.47. The maximum atomic E-state index is 6.25. The predicted octanol–water partition coefficient (Wildman–Crippen LogP) is 3.95. The molecule has 16 heavy (non-hydrogen) atoms. The van der Waals surface area contributed by atoms with Gasteiger partial charge < -0.3 is 5.73 Å². The molecule has 1 nitrogen and oxygen atoms in total. The van der Waals surface area contributed by atoms with Crippen LogP contribution in [0.15, 0.2) is 35.7 Å². The number of benzene rings is 1. The van der Waals surface area contributed by atoms with E-state index in [1.54, 1.807) is 11.3 Å². The normalized spacial score (nSPS) is 12.7. The Morgan fingerprint density at radius 3 is 2.81 bits per heavy atom. The molecule has 0 spiro atoms. The molecular formula is C13H14ClNS. The Balaban J connectivity index is 2.21. The molecule has 0 aliphatic carbocycles. The minimum absolute atomic E-state index is 0.0222. The van der Waals surface area contributed by atoms with Gasteiger partial charge in [-0.15, -0.1) is 11.3 Å². The first-order valence-electron chi connectivity index (χ1n) is 5.21. The summed E-state index contributed by atoms with van der Waals surface area (Å²) in [5.41, 5.74) is 8.30. The molecule has 3 heteroatoms. The summed E-state index contributed by atoms with van der Waals surface area (Å²) in [6.07, 6.45) is 0.848. The van der Waals surface area contributed by atoms with Gasteiger partial charge in [0.1, 0.15) is 0 Å². The van der Waals surface area contributed by atoms with E-state index in [1.807, 2.05) is 31.2 Å². The molecule has 0 saturated carbocycles. The number of rotatable bonds is 3. The molecule has 2 rings (SSSR count). The Kier molecular flexibility index (Phi) is 3.64. The third-order valence-electron chi connectivity index (χ3n) is 2.62. The molecule has 2 aromatic rings. The topological polar surface area (TPSA) is 26.0 Å². The molecule has 1 heterocycles. The van der Waals surface area contributed by atoms with Crippen LogP contribution in [0.3, 0.4) is 0 Å². The zero-order valence-corrected chi connectivity index (χ0v) is 10.7. The second-order valence-electron chi connectivity index (χ2n) is 3.87. The number of hydrogen-bond acceptors (Lipinski definition) is 2. The van der Waals surface area contributed by atoms with Gasteiger partial charge in [-0.05, 0) is 29.5 Å². The summed E-state index contributed by atoms with van der Waals surface area (Å²) >= 11 is 7.98. The van der Waals surface area contributed by atoms with E-state index < -0.39 is 0 Å². The maximum absolute atomic E-state index is 6.25. The fraction of sp³-hybridized carbons (Fsp3) is 0.231. The lowest BCUT2D eigenvalue weighted by atomic mass is 10.0. The molecule has 0 saturated heterocycles. The lowest BCUT2D eigenvalue weighted by Gasteiger charge is -2.14. The van der Waals surface area contributed by atoms with Gasteiger partial charge in [0, 0.05) is 22.4 Å². The number of nitrogens with two attached hydrogens (primary N) is 1. The van der Waals surface area contributed by atoms with Gasteiger partial charge in [-0.2, -0.15) is 0 Å². The second kappa shape index (κ2) is 5.00. The van der Waals surface area contributed by atoms with E-state index in [1.165, 1.54) is 4.88 Å². The SMILES string of the molecule is Cc1cccc(C(N)Cc2cccs2)c1Cl. The molecular weight excluding hydrogens is 238 g/mol. The molecule has 1 unspecified atom stereocenters. The van der Waals surface area contributed by atoms with E-state index in [2.05, 4.69) is 11.4 Å². The van der Waals surface area contributed by atoms with Crippen LogP contribution in [0, 0.1) is 6.92 Å². The fourth-order valence-electron chi connectivity index (χ4n) is 1.71. The van der Waals surface area contributed by atoms with Gasteiger partial charge in [0.15, 0.2) is 0 Å². The van der Waals surface area contributed by atoms with Gasteiger partial charge in [-0.3, -0.25) is 0 Å². The van der Waals surface area contributed by atoms with Crippen molar-refractivity contribution in [2.45, 2.75) is 19.4 Å². The molecule has 1 aromatic heterocycles. The Bertz CT molecular complexity index is 465. The van der Waals surface area contributed by atoms with Gasteiger partial charge >= 0.3 is 0 Å². The number of aryl methyl sites for hydroxylation is 1. The summed E-state index contributed by atoms with van der Waals surface area (Å²) in [5, 5.41) is 2.87. The van der Waals surface area contributed by atoms with Crippen molar-refractivity contribution >= 4 is 22.9 Å². The monoisotopic (exact) mass is 251 g/mol. The predicted molar refractivity (Wildman–Crippen MR) is 71.1 cm³/mol. The molecule has 1 aromatic carbocycles. The first kappa shape index (κ1) is 11.6. The van der Waals surface area contributed by atoms with Crippen molar-refractivity contribution in [2.24, 2.45) is 5.73 Å². The Labute approximate surface area is 105 Å². The minimum atomic E-state index is -0.0222. The van der Waals surface area contributed by atoms with Crippen molar-refractivity contribution in [3.63, 3.8) is 0 Å². The van der Waals surface area contributed by atoms with Gasteiger partial charge in [-0.1, -0.05) is 35.9 Å². The fourth-order valence-corrected chi connectivity index (χ4v) is 2.74. The van der Waals surface area contributed by atoms with Crippen molar-refractivity contribution in [3.8, 4) is 0 Å². The second-order valence-corrected chi connectivity index (χ2v) is 5.28. The number of halogens is 1. The molecule has 0 aliphatic rings. The third-order valence-corrected chi connectivity index (χ3v) is 4.04. The lowest BCUT2D eigenvalue weighted by Crippen LogP contribution is -2.13. The van der Waals surface area contributed by atoms with E-state index >= 15 is 0 Å². The molecule has 1 atom stereocenters. The Morgan fingerprint density at radius 2 is 2.12 bits per heavy atom. The Morgan fingerprint density at radius 1 is 1.31 bits per heavy atom. The quantitative estimate of drug-likeness (QED) is 0.878. The van der Waals surface area contributed by atoms with Crippen LogP contribution in [-0.4, -0.2) is 0 Å². The van der Waals surface area contributed by atoms with E-state index in [0.29, 0.717) is 0 Å². The van der Waals surface area contributed by atoms with E-state index in [9.17, 15) is 0 Å². The molecule has 0 bridgehead atoms. The highest BCUT2D eigenvalue weighted by Crippen LogP contribution is 2.27. The minimum Gasteiger partial charge on any atom is -0.324 e. The summed E-state index contributed by atoms with van der Waals surface area (Å²) in [6, 6.07) is 10.1. The highest BCUT2D eigenvalue weighted by molar-refractivity contribution is 7.09. The van der Waals surface area contributed by atoms with Crippen molar-refractivity contribution in [2.75, 3.05) is 0 Å². The third kappa shape index (κ3) is 2.46. The highest BCUT2D eigenvalue weighted by Gasteiger charge is 2.12. The van der Waals surface area contributed by atoms with Crippen LogP contribution >= 0.6 is 22.9 Å². The van der Waals surface area contributed by atoms with Gasteiger partial charge in [-0.25, -0.2) is 0 Å². The van der Waals surface area contributed by atoms with Crippen molar-refractivity contribution in [1.82, 2.24) is 0 Å². The average Bonchev–Trinajstić information content (AvgIpc) is 2.74. The molecule has 0 fully saturated rings. The van der Waals surface area contributed by atoms with Gasteiger partial charge in [0.25, 0.3) is 0 Å².